The van der Waals surface area contributed by atoms with Gasteiger partial charge in [0.25, 0.3) is 5.91 Å². The van der Waals surface area contributed by atoms with Crippen molar-refractivity contribution in [1.29, 1.82) is 0 Å². The maximum Gasteiger partial charge on any atom is 0.256 e. The molecule has 0 radical (unpaired) electrons. The van der Waals surface area contributed by atoms with Crippen molar-refractivity contribution >= 4 is 17.5 Å². The van der Waals surface area contributed by atoms with Gasteiger partial charge in [0.1, 0.15) is 5.82 Å². The smallest absolute Gasteiger partial charge is 0.256 e. The minimum absolute atomic E-state index is 0.0963. The van der Waals surface area contributed by atoms with Gasteiger partial charge in [-0.05, 0) is 31.0 Å². The third-order valence-corrected chi connectivity index (χ3v) is 3.97. The summed E-state index contributed by atoms with van der Waals surface area (Å²) in [5, 5.41) is 5.89. The lowest BCUT2D eigenvalue weighted by Crippen LogP contribution is -2.51. The van der Waals surface area contributed by atoms with E-state index in [9.17, 15) is 14.0 Å². The van der Waals surface area contributed by atoms with Crippen LogP contribution in [-0.4, -0.2) is 42.4 Å². The molecule has 2 aliphatic rings. The van der Waals surface area contributed by atoms with E-state index in [2.05, 4.69) is 10.6 Å². The van der Waals surface area contributed by atoms with E-state index >= 15 is 0 Å². The van der Waals surface area contributed by atoms with Crippen molar-refractivity contribution in [2.24, 2.45) is 0 Å². The van der Waals surface area contributed by atoms with Crippen LogP contribution in [0.5, 0.6) is 0 Å². The molecule has 21 heavy (non-hydrogen) atoms. The van der Waals surface area contributed by atoms with Crippen LogP contribution in [0.1, 0.15) is 29.3 Å². The Balaban J connectivity index is 1.88. The number of hydrogen-bond donors (Lipinski definition) is 2. The SMILES string of the molecule is CC1CN(C(=O)c2cc3c(cc2F)NC(=O)CC3)CCN1. The Bertz CT molecular complexity index is 603. The maximum atomic E-state index is 14.2. The molecule has 3 rings (SSSR count). The van der Waals surface area contributed by atoms with Gasteiger partial charge < -0.3 is 15.5 Å². The summed E-state index contributed by atoms with van der Waals surface area (Å²) in [6, 6.07) is 3.05. The average Bonchev–Trinajstić information content (AvgIpc) is 2.45. The molecule has 1 aromatic rings. The van der Waals surface area contributed by atoms with Crippen LogP contribution in [0.4, 0.5) is 10.1 Å². The summed E-state index contributed by atoms with van der Waals surface area (Å²) >= 11 is 0. The van der Waals surface area contributed by atoms with Crippen LogP contribution >= 0.6 is 0 Å². The predicted molar refractivity (Wildman–Crippen MR) is 76.7 cm³/mol. The van der Waals surface area contributed by atoms with Crippen LogP contribution in [0.2, 0.25) is 0 Å². The molecule has 2 N–H and O–H groups in total. The Kier molecular flexibility index (Phi) is 3.63. The maximum absolute atomic E-state index is 14.2. The summed E-state index contributed by atoms with van der Waals surface area (Å²) in [7, 11) is 0. The molecular formula is C15H18FN3O2. The Labute approximate surface area is 122 Å². The number of nitrogens with one attached hydrogen (secondary N) is 2. The lowest BCUT2D eigenvalue weighted by atomic mass is 9.99. The largest absolute Gasteiger partial charge is 0.336 e. The van der Waals surface area contributed by atoms with Gasteiger partial charge in [0, 0.05) is 37.8 Å². The highest BCUT2D eigenvalue weighted by atomic mass is 19.1. The van der Waals surface area contributed by atoms with E-state index in [0.717, 1.165) is 12.1 Å². The lowest BCUT2D eigenvalue weighted by molar-refractivity contribution is -0.116. The van der Waals surface area contributed by atoms with Crippen molar-refractivity contribution < 1.29 is 14.0 Å². The molecule has 0 spiro atoms. The zero-order chi connectivity index (χ0) is 15.0. The number of halogens is 1. The number of benzene rings is 1. The third-order valence-electron chi connectivity index (χ3n) is 3.97. The van der Waals surface area contributed by atoms with Gasteiger partial charge in [-0.2, -0.15) is 0 Å². The van der Waals surface area contributed by atoms with Gasteiger partial charge in [-0.15, -0.1) is 0 Å². The Morgan fingerprint density at radius 3 is 2.95 bits per heavy atom. The van der Waals surface area contributed by atoms with Crippen molar-refractivity contribution in [3.63, 3.8) is 0 Å². The van der Waals surface area contributed by atoms with Gasteiger partial charge in [0.15, 0.2) is 0 Å². The summed E-state index contributed by atoms with van der Waals surface area (Å²) in [5.41, 5.74) is 1.40. The number of aryl methyl sites for hydroxylation is 1. The second-order valence-corrected chi connectivity index (χ2v) is 5.64. The second-order valence-electron chi connectivity index (χ2n) is 5.64. The molecule has 1 unspecified atom stereocenters. The van der Waals surface area contributed by atoms with Crippen molar-refractivity contribution in [3.05, 3.63) is 29.1 Å². The van der Waals surface area contributed by atoms with Crippen LogP contribution in [0.25, 0.3) is 0 Å². The molecule has 112 valence electrons. The third kappa shape index (κ3) is 2.76. The zero-order valence-electron chi connectivity index (χ0n) is 11.9. The molecule has 0 saturated carbocycles. The molecule has 0 bridgehead atoms. The Morgan fingerprint density at radius 2 is 2.19 bits per heavy atom. The van der Waals surface area contributed by atoms with Crippen LogP contribution in [0, 0.1) is 5.82 Å². The molecular weight excluding hydrogens is 273 g/mol. The monoisotopic (exact) mass is 291 g/mol. The van der Waals surface area contributed by atoms with E-state index in [1.165, 1.54) is 6.07 Å². The number of piperazine rings is 1. The minimum atomic E-state index is -0.577. The first-order valence-corrected chi connectivity index (χ1v) is 7.19. The first-order valence-electron chi connectivity index (χ1n) is 7.19. The molecule has 6 heteroatoms. The highest BCUT2D eigenvalue weighted by Gasteiger charge is 2.26. The molecule has 2 heterocycles. The number of nitrogens with zero attached hydrogens (tertiary/aromatic N) is 1. The Hall–Kier alpha value is -1.95. The molecule has 5 nitrogen and oxygen atoms in total. The van der Waals surface area contributed by atoms with Gasteiger partial charge in [-0.3, -0.25) is 9.59 Å². The molecule has 0 aromatic heterocycles. The van der Waals surface area contributed by atoms with E-state index in [1.54, 1.807) is 11.0 Å². The van der Waals surface area contributed by atoms with Crippen LogP contribution in [0.15, 0.2) is 12.1 Å². The van der Waals surface area contributed by atoms with Crippen molar-refractivity contribution in [3.8, 4) is 0 Å². The summed E-state index contributed by atoms with van der Waals surface area (Å²) in [6.07, 6.45) is 0.913. The summed E-state index contributed by atoms with van der Waals surface area (Å²) in [4.78, 5) is 25.5. The highest BCUT2D eigenvalue weighted by Crippen LogP contribution is 2.26. The zero-order valence-corrected chi connectivity index (χ0v) is 11.9. The summed E-state index contributed by atoms with van der Waals surface area (Å²) in [5.74, 6) is -0.968. The number of carbonyl (C=O) groups is 2. The number of amides is 2. The van der Waals surface area contributed by atoms with E-state index in [0.29, 0.717) is 31.6 Å². The predicted octanol–water partition coefficient (Wildman–Crippen LogP) is 1.14. The standard InChI is InChI=1S/C15H18FN3O2/c1-9-8-19(5-4-17-9)15(21)11-6-10-2-3-14(20)18-13(10)7-12(11)16/h6-7,9,17H,2-5,8H2,1H3,(H,18,20). The minimum Gasteiger partial charge on any atom is -0.336 e. The lowest BCUT2D eigenvalue weighted by Gasteiger charge is -2.32. The van der Waals surface area contributed by atoms with Crippen molar-refractivity contribution in [1.82, 2.24) is 10.2 Å². The molecule has 2 aliphatic heterocycles. The number of anilines is 1. The second kappa shape index (κ2) is 5.44. The van der Waals surface area contributed by atoms with E-state index < -0.39 is 5.82 Å². The Morgan fingerprint density at radius 1 is 1.38 bits per heavy atom. The molecule has 1 saturated heterocycles. The normalized spacial score (nSPS) is 21.7. The van der Waals surface area contributed by atoms with Crippen LogP contribution in [0.3, 0.4) is 0 Å². The van der Waals surface area contributed by atoms with Gasteiger partial charge >= 0.3 is 0 Å². The van der Waals surface area contributed by atoms with Crippen LogP contribution in [-0.2, 0) is 11.2 Å². The quantitative estimate of drug-likeness (QED) is 0.816. The van der Waals surface area contributed by atoms with Gasteiger partial charge in [0.2, 0.25) is 5.91 Å². The fourth-order valence-electron chi connectivity index (χ4n) is 2.85. The number of rotatable bonds is 1. The average molecular weight is 291 g/mol. The molecule has 1 atom stereocenters. The number of carbonyl (C=O) groups excluding carboxylic acids is 2. The van der Waals surface area contributed by atoms with E-state index in [4.69, 9.17) is 0 Å². The summed E-state index contributed by atoms with van der Waals surface area (Å²) < 4.78 is 14.2. The molecule has 0 aliphatic carbocycles. The number of fused-ring (bicyclic) bond motifs is 1. The fraction of sp³-hybridized carbons (Fsp3) is 0.467. The fourth-order valence-corrected chi connectivity index (χ4v) is 2.85. The van der Waals surface area contributed by atoms with Crippen molar-refractivity contribution in [2.75, 3.05) is 25.0 Å². The van der Waals surface area contributed by atoms with Gasteiger partial charge in [-0.1, -0.05) is 0 Å². The number of hydrogen-bond acceptors (Lipinski definition) is 3. The van der Waals surface area contributed by atoms with Gasteiger partial charge in [-0.25, -0.2) is 4.39 Å². The molecule has 1 fully saturated rings. The van der Waals surface area contributed by atoms with Crippen molar-refractivity contribution in [2.45, 2.75) is 25.8 Å². The molecule has 2 amide bonds. The topological polar surface area (TPSA) is 61.4 Å². The summed E-state index contributed by atoms with van der Waals surface area (Å²) in [6.45, 7) is 3.87. The van der Waals surface area contributed by atoms with Gasteiger partial charge in [0.05, 0.1) is 5.56 Å². The van der Waals surface area contributed by atoms with Crippen LogP contribution < -0.4 is 10.6 Å². The highest BCUT2D eigenvalue weighted by molar-refractivity contribution is 5.98. The van der Waals surface area contributed by atoms with E-state index in [-0.39, 0.29) is 23.4 Å². The first kappa shape index (κ1) is 14.0. The van der Waals surface area contributed by atoms with E-state index in [1.807, 2.05) is 6.92 Å². The molecule has 1 aromatic carbocycles. The first-order chi connectivity index (χ1) is 10.0.